The summed E-state index contributed by atoms with van der Waals surface area (Å²) in [6.45, 7) is 1.90. The molecule has 0 atom stereocenters. The Balaban J connectivity index is 1.68. The highest BCUT2D eigenvalue weighted by atomic mass is 79.9. The van der Waals surface area contributed by atoms with Crippen molar-refractivity contribution in [3.05, 3.63) is 61.9 Å². The fourth-order valence-corrected chi connectivity index (χ4v) is 3.40. The third kappa shape index (κ3) is 4.21. The monoisotopic (exact) mass is 418 g/mol. The van der Waals surface area contributed by atoms with E-state index in [4.69, 9.17) is 0 Å². The van der Waals surface area contributed by atoms with Gasteiger partial charge in [0, 0.05) is 9.35 Å². The number of aromatic nitrogens is 2. The van der Waals surface area contributed by atoms with Gasteiger partial charge in [-0.3, -0.25) is 14.2 Å². The van der Waals surface area contributed by atoms with Gasteiger partial charge in [0.1, 0.15) is 11.4 Å². The number of hydrogen-bond acceptors (Lipinski definition) is 5. The van der Waals surface area contributed by atoms with Gasteiger partial charge in [-0.15, -0.1) is 11.3 Å². The molecule has 0 fully saturated rings. The molecule has 128 valence electrons. The van der Waals surface area contributed by atoms with Crippen LogP contribution in [0.2, 0.25) is 0 Å². The van der Waals surface area contributed by atoms with Crippen LogP contribution in [0.1, 0.15) is 17.4 Å². The van der Waals surface area contributed by atoms with Gasteiger partial charge in [-0.1, -0.05) is 35.0 Å². The number of nitrogens with zero attached hydrogens (tertiary/aromatic N) is 3. The zero-order valence-electron chi connectivity index (χ0n) is 13.4. The molecule has 1 amide bonds. The van der Waals surface area contributed by atoms with Crippen LogP contribution in [-0.2, 0) is 17.8 Å². The average molecular weight is 419 g/mol. The summed E-state index contributed by atoms with van der Waals surface area (Å²) in [5.74, 6) is -0.387. The Bertz CT molecular complexity index is 992. The van der Waals surface area contributed by atoms with Crippen LogP contribution in [0.4, 0.5) is 0 Å². The Hall–Kier alpha value is -2.32. The number of carbonyl (C=O) groups excluding carboxylic acids is 1. The second kappa shape index (κ2) is 7.71. The van der Waals surface area contributed by atoms with Crippen LogP contribution in [0.3, 0.4) is 0 Å². The van der Waals surface area contributed by atoms with Crippen molar-refractivity contribution in [3.8, 4) is 0 Å². The standard InChI is InChI=1S/C17H15BrN4O2S/c1-2-13-7-14-16(25-13)19-10-22(17(14)24)9-15(23)21-20-8-11-3-5-12(18)6-4-11/h3-8,10H,2,9H2,1H3,(H,21,23). The first kappa shape index (κ1) is 17.5. The number of nitrogens with one attached hydrogen (secondary N) is 1. The fraction of sp³-hybridized carbons (Fsp3) is 0.176. The summed E-state index contributed by atoms with van der Waals surface area (Å²) in [5, 5.41) is 4.45. The molecule has 0 radical (unpaired) electrons. The van der Waals surface area contributed by atoms with Crippen molar-refractivity contribution in [1.29, 1.82) is 0 Å². The minimum atomic E-state index is -0.387. The molecule has 25 heavy (non-hydrogen) atoms. The summed E-state index contributed by atoms with van der Waals surface area (Å²) in [4.78, 5) is 30.5. The van der Waals surface area contributed by atoms with Gasteiger partial charge in [0.2, 0.25) is 0 Å². The molecule has 0 saturated carbocycles. The van der Waals surface area contributed by atoms with Gasteiger partial charge >= 0.3 is 0 Å². The Kier molecular flexibility index (Phi) is 5.40. The minimum absolute atomic E-state index is 0.128. The lowest BCUT2D eigenvalue weighted by Gasteiger charge is -2.03. The number of rotatable bonds is 5. The number of aryl methyl sites for hydroxylation is 1. The first-order chi connectivity index (χ1) is 12.1. The molecule has 0 unspecified atom stereocenters. The first-order valence-corrected chi connectivity index (χ1v) is 9.23. The smallest absolute Gasteiger partial charge is 0.262 e. The summed E-state index contributed by atoms with van der Waals surface area (Å²) in [6, 6.07) is 9.34. The van der Waals surface area contributed by atoms with Crippen molar-refractivity contribution in [2.24, 2.45) is 5.10 Å². The number of carbonyl (C=O) groups is 1. The van der Waals surface area contributed by atoms with Crippen LogP contribution in [0.5, 0.6) is 0 Å². The number of fused-ring (bicyclic) bond motifs is 1. The van der Waals surface area contributed by atoms with E-state index in [2.05, 4.69) is 31.4 Å². The molecule has 1 aromatic carbocycles. The maximum atomic E-state index is 12.4. The summed E-state index contributed by atoms with van der Waals surface area (Å²) < 4.78 is 2.26. The number of hydrogen-bond donors (Lipinski definition) is 1. The molecule has 0 saturated heterocycles. The Morgan fingerprint density at radius 1 is 1.40 bits per heavy atom. The molecule has 0 aliphatic carbocycles. The lowest BCUT2D eigenvalue weighted by Crippen LogP contribution is -2.29. The molecule has 0 spiro atoms. The number of thiophene rings is 1. The molecule has 0 bridgehead atoms. The summed E-state index contributed by atoms with van der Waals surface area (Å²) in [7, 11) is 0. The van der Waals surface area contributed by atoms with Crippen LogP contribution >= 0.6 is 27.3 Å². The van der Waals surface area contributed by atoms with Crippen molar-refractivity contribution in [2.45, 2.75) is 19.9 Å². The molecule has 2 heterocycles. The molecule has 2 aromatic heterocycles. The van der Waals surface area contributed by atoms with Gasteiger partial charge in [-0.25, -0.2) is 10.4 Å². The maximum Gasteiger partial charge on any atom is 0.262 e. The predicted octanol–water partition coefficient (Wildman–Crippen LogP) is 2.93. The van der Waals surface area contributed by atoms with E-state index in [0.29, 0.717) is 10.2 Å². The van der Waals surface area contributed by atoms with Gasteiger partial charge in [-0.05, 0) is 30.2 Å². The van der Waals surface area contributed by atoms with E-state index in [-0.39, 0.29) is 18.0 Å². The minimum Gasteiger partial charge on any atom is -0.289 e. The molecule has 8 heteroatoms. The predicted molar refractivity (Wildman–Crippen MR) is 103 cm³/mol. The van der Waals surface area contributed by atoms with E-state index in [0.717, 1.165) is 21.3 Å². The lowest BCUT2D eigenvalue weighted by molar-refractivity contribution is -0.121. The summed E-state index contributed by atoms with van der Waals surface area (Å²) in [6.07, 6.45) is 3.80. The van der Waals surface area contributed by atoms with E-state index in [1.165, 1.54) is 22.2 Å². The molecule has 0 aliphatic heterocycles. The zero-order valence-corrected chi connectivity index (χ0v) is 15.8. The van der Waals surface area contributed by atoms with E-state index < -0.39 is 0 Å². The highest BCUT2D eigenvalue weighted by Gasteiger charge is 2.10. The maximum absolute atomic E-state index is 12.4. The Morgan fingerprint density at radius 3 is 2.88 bits per heavy atom. The molecular formula is C17H15BrN4O2S. The van der Waals surface area contributed by atoms with Crippen LogP contribution in [0, 0.1) is 0 Å². The quantitative estimate of drug-likeness (QED) is 0.511. The van der Waals surface area contributed by atoms with E-state index in [9.17, 15) is 9.59 Å². The topological polar surface area (TPSA) is 76.3 Å². The second-order valence-corrected chi connectivity index (χ2v) is 7.34. The first-order valence-electron chi connectivity index (χ1n) is 7.62. The van der Waals surface area contributed by atoms with Crippen LogP contribution in [0.15, 0.2) is 51.0 Å². The fourth-order valence-electron chi connectivity index (χ4n) is 2.21. The zero-order chi connectivity index (χ0) is 17.8. The highest BCUT2D eigenvalue weighted by Crippen LogP contribution is 2.20. The van der Waals surface area contributed by atoms with Gasteiger partial charge in [0.05, 0.1) is 17.9 Å². The number of halogens is 1. The van der Waals surface area contributed by atoms with Crippen molar-refractivity contribution < 1.29 is 4.79 Å². The van der Waals surface area contributed by atoms with Crippen LogP contribution in [-0.4, -0.2) is 21.7 Å². The molecule has 1 N–H and O–H groups in total. The number of amides is 1. The number of benzene rings is 1. The van der Waals surface area contributed by atoms with E-state index in [1.807, 2.05) is 37.3 Å². The largest absolute Gasteiger partial charge is 0.289 e. The molecule has 6 nitrogen and oxygen atoms in total. The van der Waals surface area contributed by atoms with E-state index in [1.54, 1.807) is 6.21 Å². The third-order valence-electron chi connectivity index (χ3n) is 3.50. The van der Waals surface area contributed by atoms with Gasteiger partial charge in [0.25, 0.3) is 11.5 Å². The average Bonchev–Trinajstić information content (AvgIpc) is 3.03. The Morgan fingerprint density at radius 2 is 2.16 bits per heavy atom. The second-order valence-electron chi connectivity index (χ2n) is 5.31. The van der Waals surface area contributed by atoms with Gasteiger partial charge in [0.15, 0.2) is 0 Å². The highest BCUT2D eigenvalue weighted by molar-refractivity contribution is 9.10. The van der Waals surface area contributed by atoms with Gasteiger partial charge in [-0.2, -0.15) is 5.10 Å². The van der Waals surface area contributed by atoms with Crippen molar-refractivity contribution in [2.75, 3.05) is 0 Å². The van der Waals surface area contributed by atoms with Crippen LogP contribution in [0.25, 0.3) is 10.2 Å². The van der Waals surface area contributed by atoms with Crippen LogP contribution < -0.4 is 11.0 Å². The lowest BCUT2D eigenvalue weighted by atomic mass is 10.2. The van der Waals surface area contributed by atoms with Crippen molar-refractivity contribution in [1.82, 2.24) is 15.0 Å². The van der Waals surface area contributed by atoms with Crippen molar-refractivity contribution in [3.63, 3.8) is 0 Å². The van der Waals surface area contributed by atoms with Crippen molar-refractivity contribution >= 4 is 49.6 Å². The number of hydrazone groups is 1. The summed E-state index contributed by atoms with van der Waals surface area (Å²) >= 11 is 4.85. The SMILES string of the molecule is CCc1cc2c(=O)n(CC(=O)NN=Cc3ccc(Br)cc3)cnc2s1. The normalized spacial score (nSPS) is 11.3. The van der Waals surface area contributed by atoms with E-state index >= 15 is 0 Å². The summed E-state index contributed by atoms with van der Waals surface area (Å²) in [5.41, 5.74) is 3.06. The molecule has 3 aromatic rings. The van der Waals surface area contributed by atoms with Gasteiger partial charge < -0.3 is 0 Å². The third-order valence-corrected chi connectivity index (χ3v) is 5.22. The Labute approximate surface area is 156 Å². The molecule has 0 aliphatic rings. The molecule has 3 rings (SSSR count). The molecular weight excluding hydrogens is 404 g/mol.